The lowest BCUT2D eigenvalue weighted by atomic mass is 10.1. The van der Waals surface area contributed by atoms with Crippen molar-refractivity contribution in [2.24, 2.45) is 0 Å². The van der Waals surface area contributed by atoms with E-state index < -0.39 is 18.0 Å². The van der Waals surface area contributed by atoms with Gasteiger partial charge in [0, 0.05) is 5.56 Å². The fourth-order valence-corrected chi connectivity index (χ4v) is 1.21. The van der Waals surface area contributed by atoms with E-state index in [-0.39, 0.29) is 17.0 Å². The fourth-order valence-electron chi connectivity index (χ4n) is 1.21. The summed E-state index contributed by atoms with van der Waals surface area (Å²) in [5.41, 5.74) is 0.220. The minimum absolute atomic E-state index is 0.00862. The molecule has 0 amide bonds. The number of carbonyl (C=O) groups is 1. The van der Waals surface area contributed by atoms with Crippen LogP contribution in [-0.2, 0) is 6.18 Å². The molecule has 0 radical (unpaired) electrons. The fraction of sp³-hybridized carbons (Fsp3) is 0.100. The van der Waals surface area contributed by atoms with Crippen LogP contribution in [0.4, 0.5) is 13.2 Å². The molecule has 1 heterocycles. The van der Waals surface area contributed by atoms with Crippen LogP contribution in [0.15, 0.2) is 28.7 Å². The van der Waals surface area contributed by atoms with Crippen molar-refractivity contribution in [3.05, 3.63) is 35.7 Å². The largest absolute Gasteiger partial charge is 0.478 e. The zero-order chi connectivity index (χ0) is 13.3. The molecular weight excluding hydrogens is 253 g/mol. The van der Waals surface area contributed by atoms with Crippen LogP contribution in [0.1, 0.15) is 16.2 Å². The molecule has 8 heteroatoms. The van der Waals surface area contributed by atoms with Crippen molar-refractivity contribution in [1.29, 1.82) is 0 Å². The minimum Gasteiger partial charge on any atom is -0.478 e. The number of aromatic nitrogens is 2. The highest BCUT2D eigenvalue weighted by molar-refractivity contribution is 5.88. The van der Waals surface area contributed by atoms with Gasteiger partial charge in [0.1, 0.15) is 0 Å². The smallest absolute Gasteiger partial charge is 0.470 e. The highest BCUT2D eigenvalue weighted by Gasteiger charge is 2.38. The van der Waals surface area contributed by atoms with Gasteiger partial charge in [0.15, 0.2) is 0 Å². The van der Waals surface area contributed by atoms with Crippen molar-refractivity contribution < 1.29 is 27.5 Å². The van der Waals surface area contributed by atoms with Gasteiger partial charge < -0.3 is 9.52 Å². The van der Waals surface area contributed by atoms with Crippen LogP contribution in [0.25, 0.3) is 11.5 Å². The second kappa shape index (κ2) is 4.13. The van der Waals surface area contributed by atoms with Gasteiger partial charge in [-0.05, 0) is 24.3 Å². The number of benzene rings is 1. The summed E-state index contributed by atoms with van der Waals surface area (Å²) in [6, 6.07) is 5.04. The van der Waals surface area contributed by atoms with Gasteiger partial charge in [-0.25, -0.2) is 4.79 Å². The Hall–Kier alpha value is -2.38. The molecule has 2 rings (SSSR count). The number of aromatic carboxylic acids is 1. The first-order valence-electron chi connectivity index (χ1n) is 4.62. The van der Waals surface area contributed by atoms with Crippen LogP contribution in [0.5, 0.6) is 0 Å². The monoisotopic (exact) mass is 258 g/mol. The third-order valence-corrected chi connectivity index (χ3v) is 2.05. The molecular formula is C10H5F3N2O3. The molecule has 1 aromatic carbocycles. The van der Waals surface area contributed by atoms with Crippen molar-refractivity contribution in [3.63, 3.8) is 0 Å². The molecule has 5 nitrogen and oxygen atoms in total. The highest BCUT2D eigenvalue weighted by Crippen LogP contribution is 2.30. The number of alkyl halides is 3. The number of hydrogen-bond donors (Lipinski definition) is 1. The van der Waals surface area contributed by atoms with Crippen LogP contribution < -0.4 is 0 Å². The van der Waals surface area contributed by atoms with Crippen LogP contribution in [-0.4, -0.2) is 21.3 Å². The molecule has 0 saturated carbocycles. The van der Waals surface area contributed by atoms with Gasteiger partial charge in [-0.15, -0.1) is 10.2 Å². The van der Waals surface area contributed by atoms with Crippen molar-refractivity contribution in [1.82, 2.24) is 10.2 Å². The Balaban J connectivity index is 2.32. The quantitative estimate of drug-likeness (QED) is 0.895. The normalized spacial score (nSPS) is 11.5. The molecule has 0 spiro atoms. The third kappa shape index (κ3) is 2.31. The first-order valence-corrected chi connectivity index (χ1v) is 4.62. The zero-order valence-electron chi connectivity index (χ0n) is 8.60. The van der Waals surface area contributed by atoms with Crippen molar-refractivity contribution in [2.45, 2.75) is 6.18 Å². The minimum atomic E-state index is -4.70. The summed E-state index contributed by atoms with van der Waals surface area (Å²) in [6.07, 6.45) is -4.70. The van der Waals surface area contributed by atoms with Gasteiger partial charge in [0.25, 0.3) is 0 Å². The number of carboxylic acids is 1. The average molecular weight is 258 g/mol. The summed E-state index contributed by atoms with van der Waals surface area (Å²) in [5.74, 6) is -2.90. The summed E-state index contributed by atoms with van der Waals surface area (Å²) in [6.45, 7) is 0. The van der Waals surface area contributed by atoms with E-state index in [4.69, 9.17) is 5.11 Å². The van der Waals surface area contributed by atoms with Crippen LogP contribution in [0, 0.1) is 0 Å². The first-order chi connectivity index (χ1) is 8.38. The number of halogens is 3. The molecule has 0 unspecified atom stereocenters. The van der Waals surface area contributed by atoms with E-state index in [0.717, 1.165) is 0 Å². The molecule has 0 aliphatic carbocycles. The van der Waals surface area contributed by atoms with E-state index >= 15 is 0 Å². The summed E-state index contributed by atoms with van der Waals surface area (Å²) in [4.78, 5) is 10.6. The molecule has 0 aliphatic heterocycles. The molecule has 1 aromatic heterocycles. The summed E-state index contributed by atoms with van der Waals surface area (Å²) >= 11 is 0. The maximum absolute atomic E-state index is 12.2. The molecule has 0 saturated heterocycles. The second-order valence-electron chi connectivity index (χ2n) is 3.29. The van der Waals surface area contributed by atoms with Crippen LogP contribution in [0.2, 0.25) is 0 Å². The number of rotatable bonds is 2. The average Bonchev–Trinajstić information content (AvgIpc) is 2.78. The molecule has 94 valence electrons. The first kappa shape index (κ1) is 12.1. The molecule has 1 N–H and O–H groups in total. The zero-order valence-corrected chi connectivity index (χ0v) is 8.60. The van der Waals surface area contributed by atoms with Crippen LogP contribution >= 0.6 is 0 Å². The Kier molecular flexibility index (Phi) is 2.77. The molecule has 0 atom stereocenters. The van der Waals surface area contributed by atoms with Gasteiger partial charge in [0.2, 0.25) is 5.89 Å². The van der Waals surface area contributed by atoms with Crippen LogP contribution in [0.3, 0.4) is 0 Å². The Bertz CT molecular complexity index is 575. The topological polar surface area (TPSA) is 76.2 Å². The van der Waals surface area contributed by atoms with Gasteiger partial charge in [0.05, 0.1) is 5.56 Å². The second-order valence-corrected chi connectivity index (χ2v) is 3.29. The lowest BCUT2D eigenvalue weighted by Gasteiger charge is -1.98. The van der Waals surface area contributed by atoms with Gasteiger partial charge in [-0.1, -0.05) is 0 Å². The summed E-state index contributed by atoms with van der Waals surface area (Å²) < 4.78 is 41.1. The SMILES string of the molecule is O=C(O)c1ccc(-c2nnc(C(F)(F)F)o2)cc1. The van der Waals surface area contributed by atoms with E-state index in [2.05, 4.69) is 14.6 Å². The Morgan fingerprint density at radius 2 is 1.78 bits per heavy atom. The number of carboxylic acid groups (broad SMARTS) is 1. The summed E-state index contributed by atoms with van der Waals surface area (Å²) in [5, 5.41) is 14.8. The van der Waals surface area contributed by atoms with Crippen molar-refractivity contribution in [3.8, 4) is 11.5 Å². The van der Waals surface area contributed by atoms with E-state index in [1.54, 1.807) is 0 Å². The molecule has 0 bridgehead atoms. The molecule has 0 aliphatic rings. The number of hydrogen-bond acceptors (Lipinski definition) is 4. The van der Waals surface area contributed by atoms with E-state index in [9.17, 15) is 18.0 Å². The van der Waals surface area contributed by atoms with Gasteiger partial charge in [-0.2, -0.15) is 13.2 Å². The van der Waals surface area contributed by atoms with E-state index in [1.165, 1.54) is 24.3 Å². The van der Waals surface area contributed by atoms with Gasteiger partial charge in [-0.3, -0.25) is 0 Å². The third-order valence-electron chi connectivity index (χ3n) is 2.05. The van der Waals surface area contributed by atoms with Crippen molar-refractivity contribution >= 4 is 5.97 Å². The Labute approximate surface area is 97.9 Å². The maximum Gasteiger partial charge on any atom is 0.470 e. The van der Waals surface area contributed by atoms with Gasteiger partial charge >= 0.3 is 18.0 Å². The van der Waals surface area contributed by atoms with E-state index in [1.807, 2.05) is 0 Å². The van der Waals surface area contributed by atoms with Crippen molar-refractivity contribution in [2.75, 3.05) is 0 Å². The Morgan fingerprint density at radius 1 is 1.17 bits per heavy atom. The predicted octanol–water partition coefficient (Wildman–Crippen LogP) is 2.45. The standard InChI is InChI=1S/C10H5F3N2O3/c11-10(12,13)9-15-14-7(18-9)5-1-3-6(4-2-5)8(16)17/h1-4H,(H,16,17). The summed E-state index contributed by atoms with van der Waals surface area (Å²) in [7, 11) is 0. The maximum atomic E-state index is 12.2. The predicted molar refractivity (Wildman–Crippen MR) is 51.7 cm³/mol. The molecule has 18 heavy (non-hydrogen) atoms. The number of nitrogens with zero attached hydrogens (tertiary/aromatic N) is 2. The van der Waals surface area contributed by atoms with E-state index in [0.29, 0.717) is 0 Å². The molecule has 0 fully saturated rings. The lowest BCUT2D eigenvalue weighted by molar-refractivity contribution is -0.156. The Morgan fingerprint density at radius 3 is 2.22 bits per heavy atom. The lowest BCUT2D eigenvalue weighted by Crippen LogP contribution is -2.04. The molecule has 2 aromatic rings. The highest BCUT2D eigenvalue weighted by atomic mass is 19.4.